The zero-order valence-corrected chi connectivity index (χ0v) is 23.1. The topological polar surface area (TPSA) is 96.4 Å². The number of para-hydroxylation sites is 1. The second-order valence-corrected chi connectivity index (χ2v) is 11.2. The van der Waals surface area contributed by atoms with E-state index in [1.54, 1.807) is 24.0 Å². The fourth-order valence-corrected chi connectivity index (χ4v) is 7.01. The van der Waals surface area contributed by atoms with E-state index < -0.39 is 41.1 Å². The molecule has 38 heavy (non-hydrogen) atoms. The molecule has 8 nitrogen and oxygen atoms in total. The summed E-state index contributed by atoms with van der Waals surface area (Å²) < 4.78 is 12.3. The van der Waals surface area contributed by atoms with Gasteiger partial charge in [-0.2, -0.15) is 0 Å². The van der Waals surface area contributed by atoms with Crippen LogP contribution in [0.5, 0.6) is 0 Å². The van der Waals surface area contributed by atoms with Crippen molar-refractivity contribution in [2.45, 2.75) is 70.7 Å². The molecule has 3 unspecified atom stereocenters. The quantitative estimate of drug-likeness (QED) is 0.287. The van der Waals surface area contributed by atoms with Crippen LogP contribution in [0.3, 0.4) is 0 Å². The average molecular weight is 525 g/mol. The number of ether oxygens (including phenoxy) is 2. The van der Waals surface area contributed by atoms with Gasteiger partial charge in [0.25, 0.3) is 5.91 Å². The number of nitrogens with zero attached hydrogens (tertiary/aromatic N) is 2. The zero-order chi connectivity index (χ0) is 28.0. The number of hydrogen-bond acceptors (Lipinski definition) is 6. The largest absolute Gasteiger partial charge is 0.465 e. The fourth-order valence-electron chi connectivity index (χ4n) is 7.01. The highest BCUT2D eigenvalue weighted by atomic mass is 16.6. The van der Waals surface area contributed by atoms with E-state index in [0.717, 1.165) is 16.8 Å². The van der Waals surface area contributed by atoms with Crippen molar-refractivity contribution in [2.75, 3.05) is 24.7 Å². The van der Waals surface area contributed by atoms with Gasteiger partial charge >= 0.3 is 5.97 Å². The highest BCUT2D eigenvalue weighted by Gasteiger charge is 2.80. The SMILES string of the molecule is C=CCCOC(=O)[C@@H]1[C@H]2C(=O)N([C@H](C)CO)C(C(=O)N(CC=C)c3c(C)cccc3C)C23CC(C)[C@@]1(C)O3. The van der Waals surface area contributed by atoms with E-state index in [0.29, 0.717) is 12.8 Å². The number of aryl methyl sites for hydroxylation is 2. The summed E-state index contributed by atoms with van der Waals surface area (Å²) in [4.78, 5) is 45.3. The van der Waals surface area contributed by atoms with E-state index in [4.69, 9.17) is 9.47 Å². The summed E-state index contributed by atoms with van der Waals surface area (Å²) in [6.45, 7) is 17.0. The lowest BCUT2D eigenvalue weighted by Gasteiger charge is -2.39. The average Bonchev–Trinajstić information content (AvgIpc) is 3.39. The Hall–Kier alpha value is -2.97. The van der Waals surface area contributed by atoms with Gasteiger partial charge in [-0.15, -0.1) is 13.2 Å². The number of amides is 2. The number of aliphatic hydroxyl groups is 1. The maximum Gasteiger partial charge on any atom is 0.312 e. The van der Waals surface area contributed by atoms with Crippen LogP contribution in [0, 0.1) is 31.6 Å². The number of carbonyl (C=O) groups is 3. The summed E-state index contributed by atoms with van der Waals surface area (Å²) in [6, 6.07) is 4.15. The molecule has 3 heterocycles. The first-order valence-electron chi connectivity index (χ1n) is 13.4. The molecule has 4 rings (SSSR count). The number of esters is 1. The molecule has 2 amide bonds. The molecule has 8 heteroatoms. The van der Waals surface area contributed by atoms with Gasteiger partial charge in [-0.3, -0.25) is 14.4 Å². The predicted molar refractivity (Wildman–Crippen MR) is 144 cm³/mol. The first-order valence-corrected chi connectivity index (χ1v) is 13.4. The minimum atomic E-state index is -1.22. The number of carbonyl (C=O) groups excluding carboxylic acids is 3. The Balaban J connectivity index is 1.85. The molecule has 1 aromatic carbocycles. The van der Waals surface area contributed by atoms with Crippen molar-refractivity contribution >= 4 is 23.5 Å². The number of aliphatic hydroxyl groups excluding tert-OH is 1. The van der Waals surface area contributed by atoms with Crippen molar-refractivity contribution in [1.29, 1.82) is 0 Å². The van der Waals surface area contributed by atoms with Crippen LogP contribution in [-0.2, 0) is 23.9 Å². The minimum absolute atomic E-state index is 0.101. The molecule has 0 aliphatic carbocycles. The van der Waals surface area contributed by atoms with Gasteiger partial charge in [-0.1, -0.05) is 37.3 Å². The molecular formula is C30H40N2O6. The number of likely N-dealkylation sites (tertiary alicyclic amines) is 1. The van der Waals surface area contributed by atoms with Crippen LogP contribution in [0.25, 0.3) is 0 Å². The van der Waals surface area contributed by atoms with Crippen molar-refractivity contribution in [3.63, 3.8) is 0 Å². The van der Waals surface area contributed by atoms with E-state index in [1.165, 1.54) is 4.90 Å². The van der Waals surface area contributed by atoms with Gasteiger partial charge in [0.15, 0.2) is 0 Å². The van der Waals surface area contributed by atoms with E-state index in [-0.39, 0.29) is 37.5 Å². The molecule has 0 saturated carbocycles. The lowest BCUT2D eigenvalue weighted by atomic mass is 9.62. The Morgan fingerprint density at radius 3 is 2.53 bits per heavy atom. The maximum absolute atomic E-state index is 14.6. The maximum atomic E-state index is 14.6. The zero-order valence-electron chi connectivity index (χ0n) is 23.1. The van der Waals surface area contributed by atoms with Crippen LogP contribution >= 0.6 is 0 Å². The first-order chi connectivity index (χ1) is 18.0. The van der Waals surface area contributed by atoms with Crippen LogP contribution in [0.4, 0.5) is 5.69 Å². The Kier molecular flexibility index (Phi) is 7.60. The highest BCUT2D eigenvalue weighted by molar-refractivity contribution is 6.05. The van der Waals surface area contributed by atoms with Crippen molar-refractivity contribution < 1.29 is 29.0 Å². The predicted octanol–water partition coefficient (Wildman–Crippen LogP) is 3.33. The Morgan fingerprint density at radius 2 is 1.95 bits per heavy atom. The molecule has 206 valence electrons. The Bertz CT molecular complexity index is 1130. The Morgan fingerprint density at radius 1 is 1.29 bits per heavy atom. The van der Waals surface area contributed by atoms with Crippen LogP contribution in [0.1, 0.15) is 44.7 Å². The van der Waals surface area contributed by atoms with Gasteiger partial charge in [0.1, 0.15) is 17.6 Å². The molecule has 2 bridgehead atoms. The third kappa shape index (κ3) is 4.00. The molecule has 3 fully saturated rings. The fraction of sp³-hybridized carbons (Fsp3) is 0.567. The molecule has 1 spiro atoms. The second-order valence-electron chi connectivity index (χ2n) is 11.2. The van der Waals surface area contributed by atoms with Gasteiger partial charge < -0.3 is 24.4 Å². The smallest absolute Gasteiger partial charge is 0.312 e. The number of hydrogen-bond donors (Lipinski definition) is 1. The van der Waals surface area contributed by atoms with E-state index >= 15 is 0 Å². The number of rotatable bonds is 10. The van der Waals surface area contributed by atoms with E-state index in [9.17, 15) is 19.5 Å². The lowest BCUT2D eigenvalue weighted by molar-refractivity contribution is -0.162. The number of anilines is 1. The Labute approximate surface area is 225 Å². The van der Waals surface area contributed by atoms with Crippen molar-refractivity contribution in [3.8, 4) is 0 Å². The number of benzene rings is 1. The summed E-state index contributed by atoms with van der Waals surface area (Å²) in [6.07, 6.45) is 4.26. The van der Waals surface area contributed by atoms with Gasteiger partial charge in [-0.25, -0.2) is 0 Å². The molecule has 0 radical (unpaired) electrons. The van der Waals surface area contributed by atoms with E-state index in [2.05, 4.69) is 13.2 Å². The first kappa shape index (κ1) is 28.0. The standard InChI is InChI=1S/C30H40N2O6/c1-8-10-15-37-28(36)23-22-26(34)32(21(6)17-33)25(30(22)16-20(5)29(23,7)38-30)27(35)31(14-9-2)24-18(3)12-11-13-19(24)4/h8-9,11-13,20-23,25,33H,1-2,10,14-17H2,3-7H3/t20?,21-,22+,23+,25?,29-,30?/m1/s1. The lowest BCUT2D eigenvalue weighted by Crippen LogP contribution is -2.59. The van der Waals surface area contributed by atoms with Gasteiger partial charge in [-0.05, 0) is 57.6 Å². The summed E-state index contributed by atoms with van der Waals surface area (Å²) in [5, 5.41) is 10.1. The van der Waals surface area contributed by atoms with E-state index in [1.807, 2.05) is 45.9 Å². The molecule has 7 atom stereocenters. The number of fused-ring (bicyclic) bond motifs is 1. The minimum Gasteiger partial charge on any atom is -0.465 e. The van der Waals surface area contributed by atoms with Crippen molar-refractivity contribution in [1.82, 2.24) is 4.90 Å². The summed E-state index contributed by atoms with van der Waals surface area (Å²) in [5.74, 6) is -3.00. The third-order valence-corrected chi connectivity index (χ3v) is 8.83. The monoisotopic (exact) mass is 524 g/mol. The molecular weight excluding hydrogens is 484 g/mol. The summed E-state index contributed by atoms with van der Waals surface area (Å²) >= 11 is 0. The molecule has 1 aromatic rings. The molecule has 0 aromatic heterocycles. The van der Waals surface area contributed by atoms with Crippen molar-refractivity contribution in [3.05, 3.63) is 54.6 Å². The van der Waals surface area contributed by atoms with Crippen LogP contribution < -0.4 is 4.90 Å². The van der Waals surface area contributed by atoms with Gasteiger partial charge in [0.2, 0.25) is 5.91 Å². The normalized spacial score (nSPS) is 32.2. The van der Waals surface area contributed by atoms with Gasteiger partial charge in [0, 0.05) is 12.2 Å². The summed E-state index contributed by atoms with van der Waals surface area (Å²) in [7, 11) is 0. The van der Waals surface area contributed by atoms with Crippen LogP contribution in [0.15, 0.2) is 43.5 Å². The molecule has 3 saturated heterocycles. The molecule has 3 aliphatic rings. The van der Waals surface area contributed by atoms with Crippen LogP contribution in [-0.4, -0.2) is 70.8 Å². The molecule has 3 aliphatic heterocycles. The third-order valence-electron chi connectivity index (χ3n) is 8.83. The van der Waals surface area contributed by atoms with Crippen molar-refractivity contribution in [2.24, 2.45) is 17.8 Å². The summed E-state index contributed by atoms with van der Waals surface area (Å²) in [5.41, 5.74) is 0.417. The molecule has 1 N–H and O–H groups in total. The van der Waals surface area contributed by atoms with Gasteiger partial charge in [0.05, 0.1) is 30.8 Å². The second kappa shape index (κ2) is 10.3. The van der Waals surface area contributed by atoms with Crippen LogP contribution in [0.2, 0.25) is 0 Å². The highest BCUT2D eigenvalue weighted by Crippen LogP contribution is 2.65.